The summed E-state index contributed by atoms with van der Waals surface area (Å²) in [4.78, 5) is 13.9. The van der Waals surface area contributed by atoms with Crippen LogP contribution in [0.4, 0.5) is 5.69 Å². The molecule has 0 saturated heterocycles. The maximum Gasteiger partial charge on any atom is 0.264 e. The van der Waals surface area contributed by atoms with E-state index in [1.807, 2.05) is 56.5 Å². The van der Waals surface area contributed by atoms with Crippen molar-refractivity contribution in [2.45, 2.75) is 36.5 Å². The molecular formula is C27H32N2O4S2. The SMILES string of the molecule is CCOc1ccc(CCCNC(=O)CN(c2ccc(C)cc2)S(=O)(=O)c2ccc(SC)cc2)cc1. The van der Waals surface area contributed by atoms with Gasteiger partial charge in [-0.05, 0) is 87.0 Å². The maximum atomic E-state index is 13.5. The van der Waals surface area contributed by atoms with Gasteiger partial charge in [-0.2, -0.15) is 0 Å². The smallest absolute Gasteiger partial charge is 0.264 e. The van der Waals surface area contributed by atoms with Gasteiger partial charge in [0.2, 0.25) is 5.91 Å². The van der Waals surface area contributed by atoms with Crippen LogP contribution in [0.1, 0.15) is 24.5 Å². The fourth-order valence-corrected chi connectivity index (χ4v) is 5.36. The molecule has 0 aromatic heterocycles. The summed E-state index contributed by atoms with van der Waals surface area (Å²) in [5.74, 6) is 0.492. The molecule has 0 fully saturated rings. The molecular weight excluding hydrogens is 480 g/mol. The number of benzene rings is 3. The summed E-state index contributed by atoms with van der Waals surface area (Å²) in [5, 5.41) is 2.86. The van der Waals surface area contributed by atoms with Crippen LogP contribution in [-0.4, -0.2) is 40.3 Å². The molecule has 0 aliphatic carbocycles. The summed E-state index contributed by atoms with van der Waals surface area (Å²) in [7, 11) is -3.92. The second-order valence-electron chi connectivity index (χ2n) is 8.05. The number of carbonyl (C=O) groups excluding carboxylic acids is 1. The van der Waals surface area contributed by atoms with E-state index in [4.69, 9.17) is 4.74 Å². The molecule has 3 aromatic rings. The summed E-state index contributed by atoms with van der Waals surface area (Å²) in [5.41, 5.74) is 2.61. The van der Waals surface area contributed by atoms with Crippen LogP contribution in [0.15, 0.2) is 82.6 Å². The number of rotatable bonds is 12. The highest BCUT2D eigenvalue weighted by Gasteiger charge is 2.27. The van der Waals surface area contributed by atoms with E-state index in [0.29, 0.717) is 18.8 Å². The highest BCUT2D eigenvalue weighted by molar-refractivity contribution is 7.98. The summed E-state index contributed by atoms with van der Waals surface area (Å²) < 4.78 is 33.6. The van der Waals surface area contributed by atoms with Crippen molar-refractivity contribution < 1.29 is 17.9 Å². The van der Waals surface area contributed by atoms with Crippen molar-refractivity contribution in [1.29, 1.82) is 0 Å². The fraction of sp³-hybridized carbons (Fsp3) is 0.296. The number of carbonyl (C=O) groups is 1. The maximum absolute atomic E-state index is 13.5. The largest absolute Gasteiger partial charge is 0.494 e. The lowest BCUT2D eigenvalue weighted by molar-refractivity contribution is -0.119. The molecule has 0 heterocycles. The minimum atomic E-state index is -3.92. The zero-order valence-electron chi connectivity index (χ0n) is 20.4. The quantitative estimate of drug-likeness (QED) is 0.271. The van der Waals surface area contributed by atoms with Crippen molar-refractivity contribution in [1.82, 2.24) is 5.32 Å². The second-order valence-corrected chi connectivity index (χ2v) is 10.8. The molecule has 8 heteroatoms. The van der Waals surface area contributed by atoms with Crippen molar-refractivity contribution in [3.63, 3.8) is 0 Å². The Morgan fingerprint density at radius 3 is 2.23 bits per heavy atom. The van der Waals surface area contributed by atoms with E-state index in [1.54, 1.807) is 36.4 Å². The number of hydrogen-bond donors (Lipinski definition) is 1. The lowest BCUT2D eigenvalue weighted by Crippen LogP contribution is -2.41. The third-order valence-electron chi connectivity index (χ3n) is 5.46. The number of anilines is 1. The molecule has 3 aromatic carbocycles. The molecule has 0 unspecified atom stereocenters. The van der Waals surface area contributed by atoms with Crippen LogP contribution < -0.4 is 14.4 Å². The van der Waals surface area contributed by atoms with E-state index in [9.17, 15) is 13.2 Å². The highest BCUT2D eigenvalue weighted by atomic mass is 32.2. The van der Waals surface area contributed by atoms with Gasteiger partial charge in [0.25, 0.3) is 10.0 Å². The van der Waals surface area contributed by atoms with Crippen molar-refractivity contribution in [2.75, 3.05) is 30.3 Å². The van der Waals surface area contributed by atoms with Gasteiger partial charge in [-0.15, -0.1) is 11.8 Å². The molecule has 35 heavy (non-hydrogen) atoms. The number of aryl methyl sites for hydroxylation is 2. The molecule has 0 bridgehead atoms. The van der Waals surface area contributed by atoms with Crippen molar-refractivity contribution in [3.8, 4) is 5.75 Å². The third-order valence-corrected chi connectivity index (χ3v) is 7.99. The van der Waals surface area contributed by atoms with Crippen LogP contribution in [0, 0.1) is 6.92 Å². The monoisotopic (exact) mass is 512 g/mol. The van der Waals surface area contributed by atoms with Gasteiger partial charge in [-0.3, -0.25) is 9.10 Å². The number of hydrogen-bond acceptors (Lipinski definition) is 5. The fourth-order valence-electron chi connectivity index (χ4n) is 3.53. The first-order chi connectivity index (χ1) is 16.8. The van der Waals surface area contributed by atoms with E-state index in [0.717, 1.165) is 34.6 Å². The average molecular weight is 513 g/mol. The minimum Gasteiger partial charge on any atom is -0.494 e. The zero-order chi connectivity index (χ0) is 25.3. The van der Waals surface area contributed by atoms with Gasteiger partial charge < -0.3 is 10.1 Å². The van der Waals surface area contributed by atoms with Gasteiger partial charge in [0, 0.05) is 11.4 Å². The average Bonchev–Trinajstić information content (AvgIpc) is 2.87. The molecule has 1 amide bonds. The molecule has 0 radical (unpaired) electrons. The van der Waals surface area contributed by atoms with E-state index in [-0.39, 0.29) is 17.3 Å². The Labute approximate surface area is 212 Å². The van der Waals surface area contributed by atoms with Gasteiger partial charge >= 0.3 is 0 Å². The van der Waals surface area contributed by atoms with E-state index < -0.39 is 10.0 Å². The van der Waals surface area contributed by atoms with Gasteiger partial charge in [0.15, 0.2) is 0 Å². The Morgan fingerprint density at radius 1 is 0.971 bits per heavy atom. The zero-order valence-corrected chi connectivity index (χ0v) is 22.0. The van der Waals surface area contributed by atoms with Crippen LogP contribution in [0.25, 0.3) is 0 Å². The van der Waals surface area contributed by atoms with Gasteiger partial charge in [0.05, 0.1) is 17.2 Å². The Hall–Kier alpha value is -2.97. The van der Waals surface area contributed by atoms with Crippen LogP contribution >= 0.6 is 11.8 Å². The molecule has 186 valence electrons. The summed E-state index contributed by atoms with van der Waals surface area (Å²) in [6.07, 6.45) is 3.48. The van der Waals surface area contributed by atoms with Crippen molar-refractivity contribution in [2.24, 2.45) is 0 Å². The minimum absolute atomic E-state index is 0.152. The van der Waals surface area contributed by atoms with E-state index >= 15 is 0 Å². The first-order valence-electron chi connectivity index (χ1n) is 11.6. The Bertz CT molecular complexity index is 1190. The molecule has 0 aliphatic heterocycles. The second kappa shape index (κ2) is 12.7. The number of thioether (sulfide) groups is 1. The third kappa shape index (κ3) is 7.50. The number of amides is 1. The molecule has 0 spiro atoms. The first-order valence-corrected chi connectivity index (χ1v) is 14.2. The molecule has 3 rings (SSSR count). The molecule has 0 atom stereocenters. The number of sulfonamides is 1. The standard InChI is InChI=1S/C27H32N2O4S2/c1-4-33-24-13-9-22(10-14-24)6-5-19-28-27(30)20-29(23-11-7-21(2)8-12-23)35(31,32)26-17-15-25(34-3)16-18-26/h7-18H,4-6,19-20H2,1-3H3,(H,28,30). The van der Waals surface area contributed by atoms with Crippen LogP contribution in [-0.2, 0) is 21.2 Å². The predicted octanol–water partition coefficient (Wildman–Crippen LogP) is 5.06. The topological polar surface area (TPSA) is 75.7 Å². The van der Waals surface area contributed by atoms with E-state index in [1.165, 1.54) is 16.1 Å². The van der Waals surface area contributed by atoms with Gasteiger partial charge in [0.1, 0.15) is 12.3 Å². The Kier molecular flexibility index (Phi) is 9.63. The van der Waals surface area contributed by atoms with Crippen LogP contribution in [0.2, 0.25) is 0 Å². The molecule has 0 aliphatic rings. The highest BCUT2D eigenvalue weighted by Crippen LogP contribution is 2.25. The number of ether oxygens (including phenoxy) is 1. The Balaban J connectivity index is 1.65. The predicted molar refractivity (Wildman–Crippen MR) is 143 cm³/mol. The normalized spacial score (nSPS) is 11.2. The summed E-state index contributed by atoms with van der Waals surface area (Å²) in [6, 6.07) is 21.7. The molecule has 6 nitrogen and oxygen atoms in total. The van der Waals surface area contributed by atoms with Gasteiger partial charge in [-0.25, -0.2) is 8.42 Å². The van der Waals surface area contributed by atoms with Crippen LogP contribution in [0.3, 0.4) is 0 Å². The summed E-state index contributed by atoms with van der Waals surface area (Å²) in [6.45, 7) is 4.67. The first kappa shape index (κ1) is 26.6. The van der Waals surface area contributed by atoms with Crippen molar-refractivity contribution in [3.05, 3.63) is 83.9 Å². The Morgan fingerprint density at radius 2 is 1.63 bits per heavy atom. The molecule has 0 saturated carbocycles. The number of nitrogens with zero attached hydrogens (tertiary/aromatic N) is 1. The van der Waals surface area contributed by atoms with Crippen molar-refractivity contribution >= 4 is 33.4 Å². The summed E-state index contributed by atoms with van der Waals surface area (Å²) >= 11 is 1.54. The van der Waals surface area contributed by atoms with Gasteiger partial charge in [-0.1, -0.05) is 29.8 Å². The lowest BCUT2D eigenvalue weighted by atomic mass is 10.1. The lowest BCUT2D eigenvalue weighted by Gasteiger charge is -2.24. The molecule has 1 N–H and O–H groups in total. The number of nitrogens with one attached hydrogen (secondary N) is 1. The van der Waals surface area contributed by atoms with Crippen LogP contribution in [0.5, 0.6) is 5.75 Å². The van der Waals surface area contributed by atoms with E-state index in [2.05, 4.69) is 5.32 Å².